The number of rotatable bonds is 7. The molecule has 3 atom stereocenters. The average molecular weight is 553 g/mol. The van der Waals surface area contributed by atoms with Gasteiger partial charge in [-0.15, -0.1) is 12.4 Å². The van der Waals surface area contributed by atoms with Crippen LogP contribution in [0, 0.1) is 5.92 Å². The summed E-state index contributed by atoms with van der Waals surface area (Å²) in [5.41, 5.74) is 0.263. The number of nitrogens with zero attached hydrogens (tertiary/aromatic N) is 3. The molecule has 3 saturated heterocycles. The first-order chi connectivity index (χ1) is 17.6. The van der Waals surface area contributed by atoms with Crippen molar-refractivity contribution < 1.29 is 23.2 Å². The zero-order valence-corrected chi connectivity index (χ0v) is 23.0. The van der Waals surface area contributed by atoms with Gasteiger partial charge in [0.25, 0.3) is 5.91 Å². The van der Waals surface area contributed by atoms with E-state index in [0.717, 1.165) is 24.9 Å². The second-order valence-corrected chi connectivity index (χ2v) is 11.3. The summed E-state index contributed by atoms with van der Waals surface area (Å²) >= 11 is 0. The van der Waals surface area contributed by atoms with E-state index in [9.17, 15) is 23.2 Å². The number of carbonyl (C=O) groups excluding carboxylic acids is 3. The first kappa shape index (κ1) is 28.7. The number of imide groups is 1. The fraction of sp³-hybridized carbons (Fsp3) is 0.679. The lowest BCUT2D eigenvalue weighted by Crippen LogP contribution is -2.59. The molecule has 1 aliphatic carbocycles. The van der Waals surface area contributed by atoms with E-state index in [1.807, 2.05) is 37.3 Å². The summed E-state index contributed by atoms with van der Waals surface area (Å²) in [6, 6.07) is 9.83. The van der Waals surface area contributed by atoms with E-state index in [1.165, 1.54) is 4.90 Å². The first-order valence-corrected chi connectivity index (χ1v) is 13.7. The minimum absolute atomic E-state index is 0. The maximum atomic E-state index is 13.6. The van der Waals surface area contributed by atoms with Crippen molar-refractivity contribution in [1.82, 2.24) is 20.0 Å². The largest absolute Gasteiger partial charge is 0.349 e. The highest BCUT2D eigenvalue weighted by atomic mass is 35.5. The van der Waals surface area contributed by atoms with E-state index < -0.39 is 11.5 Å². The number of halogens is 3. The van der Waals surface area contributed by atoms with Crippen molar-refractivity contribution >= 4 is 30.3 Å². The third kappa shape index (κ3) is 5.16. The molecular weight excluding hydrogens is 514 g/mol. The molecule has 10 heteroatoms. The molecule has 1 N–H and O–H groups in total. The molecule has 1 aromatic carbocycles. The van der Waals surface area contributed by atoms with Crippen LogP contribution >= 0.6 is 12.4 Å². The molecule has 4 fully saturated rings. The molecule has 7 nitrogen and oxygen atoms in total. The minimum atomic E-state index is -2.66. The van der Waals surface area contributed by atoms with Crippen LogP contribution in [0.4, 0.5) is 13.6 Å². The summed E-state index contributed by atoms with van der Waals surface area (Å²) in [7, 11) is 1.76. The normalized spacial score (nSPS) is 30.0. The van der Waals surface area contributed by atoms with Crippen molar-refractivity contribution in [2.45, 2.75) is 94.3 Å². The molecule has 1 aromatic rings. The Kier molecular flexibility index (Phi) is 8.38. The van der Waals surface area contributed by atoms with Crippen LogP contribution in [0.1, 0.15) is 76.3 Å². The monoisotopic (exact) mass is 552 g/mol. The standard InChI is InChI=1S/C28H38F2N4O3.ClH/c1-3-33-25(36)27(32(2)26(33)37)17-21-9-10-22(18-27)34(21)16-13-23(19-7-5-4-6-8-19)31-24(35)20-11-14-28(29,30)15-12-20;/h4-8,20-23H,3,9-18H2,1-2H3,(H,31,35);1H/t21?,22?,23-,27?;/m0./s1. The second-order valence-electron chi connectivity index (χ2n) is 11.3. The molecule has 3 heterocycles. The smallest absolute Gasteiger partial charge is 0.327 e. The molecule has 3 aliphatic heterocycles. The highest BCUT2D eigenvalue weighted by molar-refractivity contribution is 6.07. The van der Waals surface area contributed by atoms with E-state index in [1.54, 1.807) is 11.9 Å². The first-order valence-electron chi connectivity index (χ1n) is 13.7. The van der Waals surface area contributed by atoms with Crippen LogP contribution in [0.15, 0.2) is 30.3 Å². The molecule has 0 radical (unpaired) electrons. The summed E-state index contributed by atoms with van der Waals surface area (Å²) in [6.07, 6.45) is 3.93. The van der Waals surface area contributed by atoms with Crippen LogP contribution in [-0.4, -0.2) is 76.2 Å². The fourth-order valence-electron chi connectivity index (χ4n) is 7.13. The summed E-state index contributed by atoms with van der Waals surface area (Å²) in [6.45, 7) is 2.99. The van der Waals surface area contributed by atoms with Gasteiger partial charge in [0, 0.05) is 51.0 Å². The lowest BCUT2D eigenvalue weighted by molar-refractivity contribution is -0.137. The van der Waals surface area contributed by atoms with Crippen LogP contribution in [-0.2, 0) is 9.59 Å². The van der Waals surface area contributed by atoms with Crippen LogP contribution in [0.3, 0.4) is 0 Å². The number of hydrogen-bond donors (Lipinski definition) is 1. The maximum Gasteiger partial charge on any atom is 0.327 e. The van der Waals surface area contributed by atoms with Crippen LogP contribution in [0.5, 0.6) is 0 Å². The van der Waals surface area contributed by atoms with Gasteiger partial charge < -0.3 is 10.2 Å². The maximum absolute atomic E-state index is 13.6. The number of carbonyl (C=O) groups is 3. The number of urea groups is 1. The molecule has 2 unspecified atom stereocenters. The summed E-state index contributed by atoms with van der Waals surface area (Å²) in [4.78, 5) is 44.6. The Bertz CT molecular complexity index is 1020. The number of nitrogens with one attached hydrogen (secondary N) is 1. The molecular formula is C28H39ClF2N4O3. The van der Waals surface area contributed by atoms with E-state index in [2.05, 4.69) is 10.2 Å². The number of benzene rings is 1. The van der Waals surface area contributed by atoms with Gasteiger partial charge in [-0.05, 0) is 57.4 Å². The molecule has 1 saturated carbocycles. The molecule has 4 aliphatic rings. The topological polar surface area (TPSA) is 73.0 Å². The molecule has 1 spiro atoms. The lowest BCUT2D eigenvalue weighted by atomic mass is 9.81. The lowest BCUT2D eigenvalue weighted by Gasteiger charge is -2.46. The summed E-state index contributed by atoms with van der Waals surface area (Å²) in [5, 5.41) is 3.18. The third-order valence-corrected chi connectivity index (χ3v) is 9.32. The summed E-state index contributed by atoms with van der Waals surface area (Å²) in [5.74, 6) is -3.23. The fourth-order valence-corrected chi connectivity index (χ4v) is 7.13. The van der Waals surface area contributed by atoms with Gasteiger partial charge in [-0.1, -0.05) is 30.3 Å². The number of amides is 4. The van der Waals surface area contributed by atoms with Gasteiger partial charge in [0.1, 0.15) is 5.54 Å². The zero-order valence-electron chi connectivity index (χ0n) is 22.2. The van der Waals surface area contributed by atoms with Crippen LogP contribution in [0.25, 0.3) is 0 Å². The Labute approximate surface area is 229 Å². The Morgan fingerprint density at radius 1 is 1.05 bits per heavy atom. The van der Waals surface area contributed by atoms with Gasteiger partial charge >= 0.3 is 6.03 Å². The Hall–Kier alpha value is -2.26. The van der Waals surface area contributed by atoms with Gasteiger partial charge in [0.2, 0.25) is 11.8 Å². The van der Waals surface area contributed by atoms with Gasteiger partial charge in [0.05, 0.1) is 6.04 Å². The highest BCUT2D eigenvalue weighted by Crippen LogP contribution is 2.47. The quantitative estimate of drug-likeness (QED) is 0.495. The highest BCUT2D eigenvalue weighted by Gasteiger charge is 2.61. The SMILES string of the molecule is CCN1C(=O)N(C)C2(CC3CCC(C2)N3CC[C@H](NC(=O)C2CCC(F)(F)CC2)c2ccccc2)C1=O.Cl. The van der Waals surface area contributed by atoms with Crippen LogP contribution < -0.4 is 5.32 Å². The molecule has 4 amide bonds. The predicted molar refractivity (Wildman–Crippen MR) is 142 cm³/mol. The Morgan fingerprint density at radius 2 is 1.66 bits per heavy atom. The van der Waals surface area contributed by atoms with Gasteiger partial charge in [0.15, 0.2) is 0 Å². The van der Waals surface area contributed by atoms with E-state index in [0.29, 0.717) is 25.8 Å². The van der Waals surface area contributed by atoms with E-state index in [-0.39, 0.29) is 80.0 Å². The number of likely N-dealkylation sites (N-methyl/N-ethyl adjacent to an activating group) is 2. The average Bonchev–Trinajstić information content (AvgIpc) is 3.22. The van der Waals surface area contributed by atoms with Crippen molar-refractivity contribution in [3.8, 4) is 0 Å². The summed E-state index contributed by atoms with van der Waals surface area (Å²) < 4.78 is 27.2. The number of hydrogen-bond acceptors (Lipinski definition) is 4. The Morgan fingerprint density at radius 3 is 2.21 bits per heavy atom. The van der Waals surface area contributed by atoms with Crippen molar-refractivity contribution in [3.05, 3.63) is 35.9 Å². The van der Waals surface area contributed by atoms with Gasteiger partial charge in [-0.25, -0.2) is 13.6 Å². The second kappa shape index (κ2) is 11.1. The molecule has 2 bridgehead atoms. The van der Waals surface area contributed by atoms with Crippen LogP contribution in [0.2, 0.25) is 0 Å². The molecule has 210 valence electrons. The minimum Gasteiger partial charge on any atom is -0.349 e. The number of alkyl halides is 2. The number of piperidine rings is 1. The Balaban J connectivity index is 0.00000336. The van der Waals surface area contributed by atoms with Crippen molar-refractivity contribution in [1.29, 1.82) is 0 Å². The van der Waals surface area contributed by atoms with Crippen molar-refractivity contribution in [3.63, 3.8) is 0 Å². The van der Waals surface area contributed by atoms with Crippen molar-refractivity contribution in [2.75, 3.05) is 20.1 Å². The molecule has 5 rings (SSSR count). The van der Waals surface area contributed by atoms with Gasteiger partial charge in [-0.2, -0.15) is 0 Å². The van der Waals surface area contributed by atoms with Crippen molar-refractivity contribution in [2.24, 2.45) is 5.92 Å². The van der Waals surface area contributed by atoms with E-state index in [4.69, 9.17) is 0 Å². The molecule has 38 heavy (non-hydrogen) atoms. The zero-order chi connectivity index (χ0) is 26.4. The third-order valence-electron chi connectivity index (χ3n) is 9.32. The van der Waals surface area contributed by atoms with Gasteiger partial charge in [-0.3, -0.25) is 19.4 Å². The predicted octanol–water partition coefficient (Wildman–Crippen LogP) is 4.76. The molecule has 0 aromatic heterocycles. The van der Waals surface area contributed by atoms with E-state index >= 15 is 0 Å². The number of fused-ring (bicyclic) bond motifs is 2.